The molecule has 0 bridgehead atoms. The smallest absolute Gasteiger partial charge is 0.233 e. The van der Waals surface area contributed by atoms with Crippen molar-refractivity contribution < 1.29 is 13.2 Å². The van der Waals surface area contributed by atoms with Gasteiger partial charge in [-0.3, -0.25) is 4.79 Å². The molecular formula is C17H18ClNO3S3. The van der Waals surface area contributed by atoms with Gasteiger partial charge in [-0.2, -0.15) is 0 Å². The highest BCUT2D eigenvalue weighted by molar-refractivity contribution is 8.00. The van der Waals surface area contributed by atoms with E-state index in [0.717, 1.165) is 9.77 Å². The summed E-state index contributed by atoms with van der Waals surface area (Å²) in [4.78, 5) is 16.6. The number of carbonyl (C=O) groups excluding carboxylic acids is 1. The molecule has 2 aromatic rings. The second kappa shape index (κ2) is 8.12. The van der Waals surface area contributed by atoms with E-state index in [0.29, 0.717) is 18.0 Å². The van der Waals surface area contributed by atoms with Crippen molar-refractivity contribution in [1.29, 1.82) is 0 Å². The van der Waals surface area contributed by atoms with E-state index in [2.05, 4.69) is 0 Å². The SMILES string of the molecule is O=C(CSc1ccc(Cl)cc1)N(Cc1cccs1)C1CCS(=O)(=O)C1. The van der Waals surface area contributed by atoms with Crippen molar-refractivity contribution >= 4 is 50.4 Å². The summed E-state index contributed by atoms with van der Waals surface area (Å²) in [6.07, 6.45) is 0.519. The fourth-order valence-corrected chi connectivity index (χ4v) is 6.12. The van der Waals surface area contributed by atoms with E-state index < -0.39 is 9.84 Å². The number of nitrogens with zero attached hydrogens (tertiary/aromatic N) is 1. The molecule has 0 spiro atoms. The van der Waals surface area contributed by atoms with Crippen molar-refractivity contribution in [3.8, 4) is 0 Å². The van der Waals surface area contributed by atoms with Crippen molar-refractivity contribution in [2.24, 2.45) is 0 Å². The van der Waals surface area contributed by atoms with E-state index >= 15 is 0 Å². The Morgan fingerprint density at radius 2 is 2.04 bits per heavy atom. The molecule has 3 rings (SSSR count). The molecule has 2 heterocycles. The minimum absolute atomic E-state index is 0.0320. The standard InChI is InChI=1S/C17H18ClNO3S3/c18-13-3-5-15(6-4-13)24-11-17(20)19(10-16-2-1-8-23-16)14-7-9-25(21,22)12-14/h1-6,8,14H,7,9-12H2. The van der Waals surface area contributed by atoms with Crippen LogP contribution in [-0.2, 0) is 21.2 Å². The monoisotopic (exact) mass is 415 g/mol. The first-order valence-electron chi connectivity index (χ1n) is 7.83. The normalized spacial score (nSPS) is 19.0. The van der Waals surface area contributed by atoms with Gasteiger partial charge in [-0.15, -0.1) is 23.1 Å². The molecule has 0 N–H and O–H groups in total. The number of carbonyl (C=O) groups is 1. The van der Waals surface area contributed by atoms with E-state index in [1.54, 1.807) is 28.4 Å². The zero-order valence-corrected chi connectivity index (χ0v) is 16.6. The lowest BCUT2D eigenvalue weighted by Crippen LogP contribution is -2.41. The van der Waals surface area contributed by atoms with Crippen LogP contribution >= 0.6 is 34.7 Å². The number of thiophene rings is 1. The fourth-order valence-electron chi connectivity index (χ4n) is 2.77. The second-order valence-corrected chi connectivity index (χ2v) is 10.6. The highest BCUT2D eigenvalue weighted by Gasteiger charge is 2.34. The van der Waals surface area contributed by atoms with Gasteiger partial charge in [-0.05, 0) is 42.1 Å². The molecule has 1 aliphatic rings. The number of thioether (sulfide) groups is 1. The molecular weight excluding hydrogens is 398 g/mol. The van der Waals surface area contributed by atoms with Crippen molar-refractivity contribution in [2.45, 2.75) is 23.9 Å². The summed E-state index contributed by atoms with van der Waals surface area (Å²) in [5.41, 5.74) is 0. The first-order valence-corrected chi connectivity index (χ1v) is 11.9. The number of benzene rings is 1. The number of hydrogen-bond acceptors (Lipinski definition) is 5. The molecule has 1 saturated heterocycles. The van der Waals surface area contributed by atoms with E-state index in [1.165, 1.54) is 11.8 Å². The Morgan fingerprint density at radius 1 is 1.28 bits per heavy atom. The predicted molar refractivity (Wildman–Crippen MR) is 104 cm³/mol. The molecule has 1 atom stereocenters. The van der Waals surface area contributed by atoms with Gasteiger partial charge in [0.2, 0.25) is 5.91 Å². The van der Waals surface area contributed by atoms with E-state index in [4.69, 9.17) is 11.6 Å². The molecule has 8 heteroatoms. The Labute approximate surface area is 161 Å². The van der Waals surface area contributed by atoms with Crippen LogP contribution in [0.3, 0.4) is 0 Å². The number of sulfone groups is 1. The molecule has 25 heavy (non-hydrogen) atoms. The van der Waals surface area contributed by atoms with Gasteiger partial charge in [0.05, 0.1) is 23.8 Å². The zero-order chi connectivity index (χ0) is 17.9. The largest absolute Gasteiger partial charge is 0.333 e. The molecule has 1 fully saturated rings. The lowest BCUT2D eigenvalue weighted by Gasteiger charge is -2.28. The summed E-state index contributed by atoms with van der Waals surface area (Å²) in [6.45, 7) is 0.470. The van der Waals surface area contributed by atoms with E-state index in [1.807, 2.05) is 29.6 Å². The first kappa shape index (κ1) is 18.8. The Kier molecular flexibility index (Phi) is 6.09. The summed E-state index contributed by atoms with van der Waals surface area (Å²) >= 11 is 8.90. The van der Waals surface area contributed by atoms with Crippen LogP contribution in [0.1, 0.15) is 11.3 Å². The summed E-state index contributed by atoms with van der Waals surface area (Å²) in [6, 6.07) is 11.0. The van der Waals surface area contributed by atoms with Crippen LogP contribution in [-0.4, -0.2) is 42.5 Å². The average Bonchev–Trinajstić information content (AvgIpc) is 3.21. The number of rotatable bonds is 6. The van der Waals surface area contributed by atoms with Gasteiger partial charge >= 0.3 is 0 Å². The Morgan fingerprint density at radius 3 is 2.64 bits per heavy atom. The molecule has 0 radical (unpaired) electrons. The van der Waals surface area contributed by atoms with Gasteiger partial charge in [0, 0.05) is 20.8 Å². The average molecular weight is 416 g/mol. The van der Waals surface area contributed by atoms with Crippen LogP contribution in [0.5, 0.6) is 0 Å². The first-order chi connectivity index (χ1) is 11.9. The summed E-state index contributed by atoms with van der Waals surface area (Å²) < 4.78 is 23.7. The predicted octanol–water partition coefficient (Wildman–Crippen LogP) is 3.71. The second-order valence-electron chi connectivity index (χ2n) is 5.90. The molecule has 1 unspecified atom stereocenters. The maximum Gasteiger partial charge on any atom is 0.233 e. The third-order valence-corrected chi connectivity index (χ3v) is 7.91. The van der Waals surface area contributed by atoms with E-state index in [9.17, 15) is 13.2 Å². The Hall–Kier alpha value is -1.02. The third kappa shape index (κ3) is 5.23. The van der Waals surface area contributed by atoms with Gasteiger partial charge < -0.3 is 4.90 Å². The molecule has 4 nitrogen and oxygen atoms in total. The molecule has 0 saturated carbocycles. The van der Waals surface area contributed by atoms with Gasteiger partial charge in [-0.1, -0.05) is 17.7 Å². The van der Waals surface area contributed by atoms with Gasteiger partial charge in [0.25, 0.3) is 0 Å². The van der Waals surface area contributed by atoms with Gasteiger partial charge in [0.1, 0.15) is 0 Å². The topological polar surface area (TPSA) is 54.5 Å². The molecule has 1 aliphatic heterocycles. The van der Waals surface area contributed by atoms with Crippen LogP contribution in [0.15, 0.2) is 46.7 Å². The van der Waals surface area contributed by atoms with Crippen LogP contribution in [0, 0.1) is 0 Å². The molecule has 0 aliphatic carbocycles. The zero-order valence-electron chi connectivity index (χ0n) is 13.4. The van der Waals surface area contributed by atoms with E-state index in [-0.39, 0.29) is 29.2 Å². The molecule has 134 valence electrons. The fraction of sp³-hybridized carbons (Fsp3) is 0.353. The summed E-state index contributed by atoms with van der Waals surface area (Å²) in [5.74, 6) is 0.477. The minimum Gasteiger partial charge on any atom is -0.333 e. The Bertz CT molecular complexity index is 819. The summed E-state index contributed by atoms with van der Waals surface area (Å²) in [7, 11) is -3.04. The number of hydrogen-bond donors (Lipinski definition) is 0. The van der Waals surface area contributed by atoms with Crippen molar-refractivity contribution in [1.82, 2.24) is 4.90 Å². The minimum atomic E-state index is -3.04. The van der Waals surface area contributed by atoms with Crippen LogP contribution in [0.2, 0.25) is 5.02 Å². The van der Waals surface area contributed by atoms with Crippen molar-refractivity contribution in [2.75, 3.05) is 17.3 Å². The van der Waals surface area contributed by atoms with Crippen LogP contribution in [0.4, 0.5) is 0 Å². The quantitative estimate of drug-likeness (QED) is 0.675. The maximum absolute atomic E-state index is 12.8. The number of halogens is 1. The lowest BCUT2D eigenvalue weighted by atomic mass is 10.2. The van der Waals surface area contributed by atoms with Gasteiger partial charge in [-0.25, -0.2) is 8.42 Å². The van der Waals surface area contributed by atoms with Crippen molar-refractivity contribution in [3.63, 3.8) is 0 Å². The highest BCUT2D eigenvalue weighted by atomic mass is 35.5. The Balaban J connectivity index is 1.69. The van der Waals surface area contributed by atoms with Crippen LogP contribution in [0.25, 0.3) is 0 Å². The van der Waals surface area contributed by atoms with Crippen molar-refractivity contribution in [3.05, 3.63) is 51.7 Å². The molecule has 1 amide bonds. The third-order valence-electron chi connectivity index (χ3n) is 4.05. The lowest BCUT2D eigenvalue weighted by molar-refractivity contribution is -0.130. The molecule has 1 aromatic heterocycles. The highest BCUT2D eigenvalue weighted by Crippen LogP contribution is 2.25. The number of amides is 1. The summed E-state index contributed by atoms with van der Waals surface area (Å²) in [5, 5.41) is 2.62. The maximum atomic E-state index is 12.8. The van der Waals surface area contributed by atoms with Crippen LogP contribution < -0.4 is 0 Å². The van der Waals surface area contributed by atoms with Gasteiger partial charge in [0.15, 0.2) is 9.84 Å². The molecule has 1 aromatic carbocycles.